The lowest BCUT2D eigenvalue weighted by atomic mass is 9.39. The molecule has 0 aromatic rings. The molecule has 8 fully saturated rings. The van der Waals surface area contributed by atoms with Gasteiger partial charge in [0.05, 0.1) is 44.2 Å². The van der Waals surface area contributed by atoms with Gasteiger partial charge in [0, 0.05) is 0 Å². The van der Waals surface area contributed by atoms with E-state index in [0.717, 1.165) is 31.3 Å². The van der Waals surface area contributed by atoms with Crippen molar-refractivity contribution in [2.45, 2.75) is 241 Å². The summed E-state index contributed by atoms with van der Waals surface area (Å²) in [6.45, 7) is 12.8. The van der Waals surface area contributed by atoms with E-state index in [4.69, 9.17) is 37.9 Å². The highest BCUT2D eigenvalue weighted by Gasteiger charge is 2.70. The Hall–Kier alpha value is -1.14. The Kier molecular flexibility index (Phi) is 18.2. The summed E-state index contributed by atoms with van der Waals surface area (Å²) in [5.41, 5.74) is -1.06. The molecule has 0 spiro atoms. The van der Waals surface area contributed by atoms with Crippen LogP contribution in [0.3, 0.4) is 0 Å². The van der Waals surface area contributed by atoms with E-state index >= 15 is 0 Å². The van der Waals surface area contributed by atoms with Crippen LogP contribution in [0, 0.1) is 45.8 Å². The van der Waals surface area contributed by atoms with Gasteiger partial charge in [-0.1, -0.05) is 39.3 Å². The maximum atomic E-state index is 12.7. The minimum Gasteiger partial charge on any atom is -0.394 e. The standard InChI is InChI=1S/C52H88O22/c1-22(2)9-8-14-52(7,74-47-43(66)39(62)37(60)31(71-47)21-68-45-41(64)34(57)28(56)20-67-45)25-13-16-51(6)33(25)27(55)17-26-23-10-11-32(49(3,4)24(23)12-15-50(26,51)5)72-48-44(40(63)36(59)30(19-54)70-48)73-46-42(65)38(61)35(58)29(18-53)69-46/h9,23-48,53-66H,8,10-21H2,1-7H3/t23-,24+,25+,26-,27-,28-,29-,30-,31-,32-,33+,34+,35-,36-,37-,38+,39+,40+,41-,42-,43-,44-,45-,46+,47+,48+,50-,51-,52+/m1/s1. The van der Waals surface area contributed by atoms with Crippen molar-refractivity contribution in [3.63, 3.8) is 0 Å². The van der Waals surface area contributed by atoms with E-state index in [1.54, 1.807) is 0 Å². The number of hydrogen-bond acceptors (Lipinski definition) is 22. The predicted molar refractivity (Wildman–Crippen MR) is 256 cm³/mol. The minimum absolute atomic E-state index is 0.104. The average Bonchev–Trinajstić information content (AvgIpc) is 3.74. The first-order chi connectivity index (χ1) is 34.7. The third-order valence-corrected chi connectivity index (χ3v) is 19.9. The molecule has 4 aliphatic heterocycles. The molecule has 74 heavy (non-hydrogen) atoms. The lowest BCUT2D eigenvalue weighted by Crippen LogP contribution is -2.66. The fourth-order valence-corrected chi connectivity index (χ4v) is 15.3. The maximum absolute atomic E-state index is 12.7. The Morgan fingerprint density at radius 2 is 1.18 bits per heavy atom. The van der Waals surface area contributed by atoms with E-state index in [0.29, 0.717) is 32.1 Å². The Morgan fingerprint density at radius 3 is 1.82 bits per heavy atom. The smallest absolute Gasteiger partial charge is 0.187 e. The molecule has 0 unspecified atom stereocenters. The summed E-state index contributed by atoms with van der Waals surface area (Å²) in [6.07, 6.45) is -22.3. The first-order valence-electron chi connectivity index (χ1n) is 26.9. The SMILES string of the molecule is CC(C)=CCC[C@](C)(O[C@@H]1O[C@H](CO[C@H]2OC[C@@H](O)[C@H](O)[C@H]2O)[C@@H](O)[C@H](O)[C@H]1O)[C@H]1CC[C@]2(C)[C@@H]1[C@H](O)C[C@@H]1[C@@H]3CC[C@@H](O[C@@H]4O[C@H](CO)[C@@H](O)[C@H](O)[C@H]4O[C@@H]4O[C@H](CO)[C@@H](O)[C@H](O)[C@H]4O)C(C)(C)[C@H]3CC[C@]12C. The van der Waals surface area contributed by atoms with E-state index in [-0.39, 0.29) is 47.0 Å². The van der Waals surface area contributed by atoms with Crippen LogP contribution in [0.1, 0.15) is 106 Å². The second-order valence-electron chi connectivity index (χ2n) is 24.6. The molecule has 0 amide bonds. The van der Waals surface area contributed by atoms with E-state index < -0.39 is 160 Å². The van der Waals surface area contributed by atoms with Gasteiger partial charge in [-0.3, -0.25) is 0 Å². The van der Waals surface area contributed by atoms with Gasteiger partial charge in [-0.2, -0.15) is 0 Å². The molecule has 0 bridgehead atoms. The van der Waals surface area contributed by atoms with Crippen molar-refractivity contribution in [1.29, 1.82) is 0 Å². The van der Waals surface area contributed by atoms with Gasteiger partial charge in [-0.25, -0.2) is 0 Å². The minimum atomic E-state index is -1.81. The van der Waals surface area contributed by atoms with Gasteiger partial charge in [0.1, 0.15) is 91.6 Å². The normalized spacial score (nSPS) is 52.3. The second kappa shape index (κ2) is 22.8. The summed E-state index contributed by atoms with van der Waals surface area (Å²) < 4.78 is 48.6. The first kappa shape index (κ1) is 59.0. The van der Waals surface area contributed by atoms with Crippen LogP contribution in [0.4, 0.5) is 0 Å². The zero-order valence-electron chi connectivity index (χ0n) is 43.8. The van der Waals surface area contributed by atoms with Crippen molar-refractivity contribution in [2.24, 2.45) is 45.8 Å². The van der Waals surface area contributed by atoms with Crippen LogP contribution in [-0.2, 0) is 37.9 Å². The van der Waals surface area contributed by atoms with Gasteiger partial charge in [0.25, 0.3) is 0 Å². The van der Waals surface area contributed by atoms with Crippen LogP contribution in [0.2, 0.25) is 0 Å². The van der Waals surface area contributed by atoms with Crippen molar-refractivity contribution in [2.75, 3.05) is 26.4 Å². The number of rotatable bonds is 15. The van der Waals surface area contributed by atoms with E-state index in [2.05, 4.69) is 33.8 Å². The number of aliphatic hydroxyl groups excluding tert-OH is 14. The third kappa shape index (κ3) is 10.6. The maximum Gasteiger partial charge on any atom is 0.187 e. The highest BCUT2D eigenvalue weighted by Crippen LogP contribution is 2.73. The fourth-order valence-electron chi connectivity index (χ4n) is 15.3. The number of ether oxygens (including phenoxy) is 8. The Balaban J connectivity index is 0.993. The predicted octanol–water partition coefficient (Wildman–Crippen LogP) is -1.95. The molecule has 4 saturated heterocycles. The Bertz CT molecular complexity index is 1890. The monoisotopic (exact) mass is 1060 g/mol. The Morgan fingerprint density at radius 1 is 0.595 bits per heavy atom. The van der Waals surface area contributed by atoms with Gasteiger partial charge < -0.3 is 109 Å². The fraction of sp³-hybridized carbons (Fsp3) is 0.962. The topological polar surface area (TPSA) is 357 Å². The Labute approximate surface area is 433 Å². The molecule has 0 aromatic heterocycles. The molecular weight excluding hydrogens is 977 g/mol. The van der Waals surface area contributed by atoms with Gasteiger partial charge in [0.15, 0.2) is 25.2 Å². The lowest BCUT2D eigenvalue weighted by molar-refractivity contribution is -0.377. The summed E-state index contributed by atoms with van der Waals surface area (Å²) in [6, 6.07) is 0. The summed E-state index contributed by atoms with van der Waals surface area (Å²) >= 11 is 0. The molecule has 22 nitrogen and oxygen atoms in total. The largest absolute Gasteiger partial charge is 0.394 e. The van der Waals surface area contributed by atoms with E-state index in [1.807, 2.05) is 20.8 Å². The zero-order chi connectivity index (χ0) is 54.1. The van der Waals surface area contributed by atoms with Crippen molar-refractivity contribution in [1.82, 2.24) is 0 Å². The van der Waals surface area contributed by atoms with Crippen LogP contribution in [0.15, 0.2) is 11.6 Å². The molecule has 4 saturated carbocycles. The second-order valence-corrected chi connectivity index (χ2v) is 24.6. The van der Waals surface area contributed by atoms with Gasteiger partial charge in [-0.05, 0) is 124 Å². The summed E-state index contributed by atoms with van der Waals surface area (Å²) in [4.78, 5) is 0. The molecular formula is C52H88O22. The van der Waals surface area contributed by atoms with Gasteiger partial charge >= 0.3 is 0 Å². The number of hydrogen-bond donors (Lipinski definition) is 14. The van der Waals surface area contributed by atoms with Crippen LogP contribution in [0.5, 0.6) is 0 Å². The van der Waals surface area contributed by atoms with E-state index in [9.17, 15) is 71.5 Å². The summed E-state index contributed by atoms with van der Waals surface area (Å²) in [5.74, 6) is -0.0880. The molecule has 4 aliphatic carbocycles. The van der Waals surface area contributed by atoms with Crippen LogP contribution in [0.25, 0.3) is 0 Å². The molecule has 8 aliphatic rings. The quantitative estimate of drug-likeness (QED) is 0.0626. The average molecular weight is 1070 g/mol. The van der Waals surface area contributed by atoms with Crippen LogP contribution < -0.4 is 0 Å². The van der Waals surface area contributed by atoms with E-state index in [1.165, 1.54) is 0 Å². The highest BCUT2D eigenvalue weighted by molar-refractivity contribution is 5.18. The van der Waals surface area contributed by atoms with Crippen LogP contribution >= 0.6 is 0 Å². The highest BCUT2D eigenvalue weighted by atomic mass is 16.8. The lowest BCUT2D eigenvalue weighted by Gasteiger charge is -2.67. The molecule has 8 rings (SSSR count). The van der Waals surface area contributed by atoms with Crippen molar-refractivity contribution >= 4 is 0 Å². The third-order valence-electron chi connectivity index (χ3n) is 19.9. The number of fused-ring (bicyclic) bond motifs is 5. The molecule has 29 atom stereocenters. The summed E-state index contributed by atoms with van der Waals surface area (Å²) in [5, 5.41) is 151. The van der Waals surface area contributed by atoms with Crippen molar-refractivity contribution in [3.8, 4) is 0 Å². The molecule has 0 aromatic carbocycles. The van der Waals surface area contributed by atoms with Gasteiger partial charge in [-0.15, -0.1) is 0 Å². The van der Waals surface area contributed by atoms with Crippen molar-refractivity contribution in [3.05, 3.63) is 11.6 Å². The number of allylic oxidation sites excluding steroid dienone is 2. The van der Waals surface area contributed by atoms with Crippen LogP contribution in [-0.4, -0.2) is 232 Å². The molecule has 4 heterocycles. The first-order valence-corrected chi connectivity index (χ1v) is 26.9. The summed E-state index contributed by atoms with van der Waals surface area (Å²) in [7, 11) is 0. The zero-order valence-corrected chi connectivity index (χ0v) is 43.8. The molecule has 0 radical (unpaired) electrons. The van der Waals surface area contributed by atoms with Gasteiger partial charge in [0.2, 0.25) is 0 Å². The molecule has 14 N–H and O–H groups in total. The molecule has 428 valence electrons. The van der Waals surface area contributed by atoms with Crippen molar-refractivity contribution < 1.29 is 109 Å². The molecule has 22 heteroatoms. The number of aliphatic hydroxyl groups is 14.